The fraction of sp³-hybridized carbons (Fsp3) is 0.278. The van der Waals surface area contributed by atoms with E-state index in [1.54, 1.807) is 7.11 Å². The Kier molecular flexibility index (Phi) is 4.57. The predicted octanol–water partition coefficient (Wildman–Crippen LogP) is 3.92. The van der Waals surface area contributed by atoms with Crippen molar-refractivity contribution < 1.29 is 4.74 Å². The molecule has 5 heteroatoms. The molecule has 3 rings (SSSR count). The topological polar surface area (TPSA) is 59.6 Å². The summed E-state index contributed by atoms with van der Waals surface area (Å²) < 4.78 is 6.35. The van der Waals surface area contributed by atoms with Crippen LogP contribution in [0.3, 0.4) is 0 Å². The van der Waals surface area contributed by atoms with Crippen LogP contribution in [-0.2, 0) is 5.41 Å². The number of nitrogens with zero attached hydrogens (tertiary/aromatic N) is 1. The van der Waals surface area contributed by atoms with Gasteiger partial charge in [-0.1, -0.05) is 40.2 Å². The summed E-state index contributed by atoms with van der Waals surface area (Å²) in [5.74, 6) is 1.21. The van der Waals surface area contributed by atoms with Gasteiger partial charge in [0, 0.05) is 21.6 Å². The van der Waals surface area contributed by atoms with Crippen molar-refractivity contribution >= 4 is 27.6 Å². The Morgan fingerprint density at radius 1 is 1.26 bits per heavy atom. The third-order valence-corrected chi connectivity index (χ3v) is 4.88. The highest BCUT2D eigenvalue weighted by molar-refractivity contribution is 9.10. The molecule has 0 spiro atoms. The van der Waals surface area contributed by atoms with Crippen LogP contribution in [-0.4, -0.2) is 19.6 Å². The molecule has 3 N–H and O–H groups in total. The van der Waals surface area contributed by atoms with Crippen molar-refractivity contribution in [1.29, 1.82) is 0 Å². The molecule has 0 atom stereocenters. The van der Waals surface area contributed by atoms with E-state index in [0.717, 1.165) is 28.8 Å². The smallest absolute Gasteiger partial charge is 0.193 e. The normalized spacial score (nSPS) is 16.0. The molecule has 0 heterocycles. The first-order valence-electron chi connectivity index (χ1n) is 7.59. The number of ether oxygens (including phenoxy) is 1. The van der Waals surface area contributed by atoms with Crippen LogP contribution in [0.15, 0.2) is 58.0 Å². The third-order valence-electron chi connectivity index (χ3n) is 4.19. The van der Waals surface area contributed by atoms with E-state index < -0.39 is 0 Å². The highest BCUT2D eigenvalue weighted by atomic mass is 79.9. The van der Waals surface area contributed by atoms with Crippen LogP contribution < -0.4 is 15.8 Å². The summed E-state index contributed by atoms with van der Waals surface area (Å²) in [6, 6.07) is 16.0. The lowest BCUT2D eigenvalue weighted by atomic mass is 9.96. The maximum atomic E-state index is 6.03. The maximum absolute atomic E-state index is 6.03. The van der Waals surface area contributed by atoms with Crippen LogP contribution in [0.25, 0.3) is 0 Å². The zero-order valence-corrected chi connectivity index (χ0v) is 14.6. The van der Waals surface area contributed by atoms with Crippen molar-refractivity contribution in [1.82, 2.24) is 0 Å². The minimum Gasteiger partial charge on any atom is -0.497 e. The van der Waals surface area contributed by atoms with Gasteiger partial charge in [-0.25, -0.2) is 0 Å². The first-order chi connectivity index (χ1) is 11.1. The lowest BCUT2D eigenvalue weighted by Crippen LogP contribution is -2.25. The Labute approximate surface area is 144 Å². The van der Waals surface area contributed by atoms with Gasteiger partial charge in [-0.15, -0.1) is 0 Å². The number of anilines is 1. The lowest BCUT2D eigenvalue weighted by molar-refractivity contribution is 0.415. The average molecular weight is 374 g/mol. The van der Waals surface area contributed by atoms with Crippen molar-refractivity contribution in [3.8, 4) is 5.75 Å². The van der Waals surface area contributed by atoms with E-state index in [0.29, 0.717) is 12.5 Å². The molecule has 120 valence electrons. The average Bonchev–Trinajstić information content (AvgIpc) is 3.35. The molecule has 0 aromatic heterocycles. The number of benzene rings is 2. The summed E-state index contributed by atoms with van der Waals surface area (Å²) in [5.41, 5.74) is 8.35. The molecule has 0 unspecified atom stereocenters. The molecule has 23 heavy (non-hydrogen) atoms. The molecule has 2 aromatic carbocycles. The molecular formula is C18H20BrN3O. The summed E-state index contributed by atoms with van der Waals surface area (Å²) in [6.45, 7) is 0.693. The molecule has 1 saturated carbocycles. The van der Waals surface area contributed by atoms with Crippen LogP contribution in [0, 0.1) is 0 Å². The van der Waals surface area contributed by atoms with Gasteiger partial charge in [0.15, 0.2) is 5.96 Å². The number of guanidine groups is 1. The fourth-order valence-corrected chi connectivity index (χ4v) is 3.38. The number of halogens is 1. The molecule has 1 aliphatic rings. The standard InChI is InChI=1S/C18H20BrN3O/c1-23-14-6-4-5-13(11-14)22-17(20)21-12-18(9-10-18)15-7-2-3-8-16(15)19/h2-8,11H,9-10,12H2,1H3,(H3,20,21,22). The van der Waals surface area contributed by atoms with E-state index in [1.807, 2.05) is 30.3 Å². The quantitative estimate of drug-likeness (QED) is 0.616. The van der Waals surface area contributed by atoms with Crippen molar-refractivity contribution in [2.45, 2.75) is 18.3 Å². The maximum Gasteiger partial charge on any atom is 0.193 e. The van der Waals surface area contributed by atoms with Crippen molar-refractivity contribution in [3.63, 3.8) is 0 Å². The Bertz CT molecular complexity index is 726. The predicted molar refractivity (Wildman–Crippen MR) is 98.2 cm³/mol. The Morgan fingerprint density at radius 2 is 2.04 bits per heavy atom. The SMILES string of the molecule is COc1cccc(NC(N)=NCC2(c3ccccc3Br)CC2)c1. The van der Waals surface area contributed by atoms with Gasteiger partial charge in [-0.2, -0.15) is 0 Å². The van der Waals surface area contributed by atoms with E-state index in [4.69, 9.17) is 10.5 Å². The zero-order chi connectivity index (χ0) is 16.3. The van der Waals surface area contributed by atoms with Gasteiger partial charge in [-0.3, -0.25) is 4.99 Å². The summed E-state index contributed by atoms with van der Waals surface area (Å²) in [4.78, 5) is 4.55. The summed E-state index contributed by atoms with van der Waals surface area (Å²) >= 11 is 3.64. The number of hydrogen-bond donors (Lipinski definition) is 2. The van der Waals surface area contributed by atoms with Crippen molar-refractivity contribution in [3.05, 3.63) is 58.6 Å². The molecule has 1 fully saturated rings. The molecule has 0 saturated heterocycles. The van der Waals surface area contributed by atoms with Gasteiger partial charge in [0.2, 0.25) is 0 Å². The summed E-state index contributed by atoms with van der Waals surface area (Å²) in [7, 11) is 1.64. The molecule has 2 aromatic rings. The minimum absolute atomic E-state index is 0.126. The molecule has 1 aliphatic carbocycles. The second kappa shape index (κ2) is 6.62. The van der Waals surface area contributed by atoms with E-state index >= 15 is 0 Å². The van der Waals surface area contributed by atoms with Gasteiger partial charge in [-0.05, 0) is 36.6 Å². The van der Waals surface area contributed by atoms with Crippen LogP contribution in [0.2, 0.25) is 0 Å². The number of nitrogens with two attached hydrogens (primary N) is 1. The fourth-order valence-electron chi connectivity index (χ4n) is 2.68. The van der Waals surface area contributed by atoms with Crippen LogP contribution in [0.1, 0.15) is 18.4 Å². The number of hydrogen-bond acceptors (Lipinski definition) is 2. The highest BCUT2D eigenvalue weighted by Crippen LogP contribution is 2.50. The largest absolute Gasteiger partial charge is 0.497 e. The van der Waals surface area contributed by atoms with E-state index in [9.17, 15) is 0 Å². The van der Waals surface area contributed by atoms with Crippen LogP contribution >= 0.6 is 15.9 Å². The second-order valence-electron chi connectivity index (χ2n) is 5.82. The first kappa shape index (κ1) is 15.9. The molecule has 0 aliphatic heterocycles. The van der Waals surface area contributed by atoms with Gasteiger partial charge in [0.25, 0.3) is 0 Å². The highest BCUT2D eigenvalue weighted by Gasteiger charge is 2.45. The number of nitrogens with one attached hydrogen (secondary N) is 1. The first-order valence-corrected chi connectivity index (χ1v) is 8.38. The minimum atomic E-state index is 0.126. The van der Waals surface area contributed by atoms with Crippen LogP contribution in [0.5, 0.6) is 5.75 Å². The van der Waals surface area contributed by atoms with Crippen LogP contribution in [0.4, 0.5) is 5.69 Å². The van der Waals surface area contributed by atoms with Gasteiger partial charge in [0.1, 0.15) is 5.75 Å². The van der Waals surface area contributed by atoms with E-state index in [-0.39, 0.29) is 5.41 Å². The number of aliphatic imine (C=N–C) groups is 1. The van der Waals surface area contributed by atoms with Crippen molar-refractivity contribution in [2.75, 3.05) is 19.0 Å². The summed E-state index contributed by atoms with van der Waals surface area (Å²) in [6.07, 6.45) is 2.29. The lowest BCUT2D eigenvalue weighted by Gasteiger charge is -2.15. The number of rotatable bonds is 5. The molecule has 0 amide bonds. The Morgan fingerprint density at radius 3 is 2.74 bits per heavy atom. The van der Waals surface area contributed by atoms with E-state index in [1.165, 1.54) is 5.56 Å². The summed E-state index contributed by atoms with van der Waals surface area (Å²) in [5, 5.41) is 3.12. The van der Waals surface area contributed by atoms with E-state index in [2.05, 4.69) is 44.4 Å². The second-order valence-corrected chi connectivity index (χ2v) is 6.67. The molecule has 0 bridgehead atoms. The van der Waals surface area contributed by atoms with Crippen molar-refractivity contribution in [2.24, 2.45) is 10.7 Å². The zero-order valence-electron chi connectivity index (χ0n) is 13.1. The van der Waals surface area contributed by atoms with Gasteiger partial charge in [0.05, 0.1) is 13.7 Å². The molecule has 0 radical (unpaired) electrons. The molecule has 4 nitrogen and oxygen atoms in total. The number of methoxy groups -OCH3 is 1. The monoisotopic (exact) mass is 373 g/mol. The Balaban J connectivity index is 1.69. The Hall–Kier alpha value is -2.01. The third kappa shape index (κ3) is 3.67. The van der Waals surface area contributed by atoms with Gasteiger partial charge >= 0.3 is 0 Å². The molecular weight excluding hydrogens is 354 g/mol. The van der Waals surface area contributed by atoms with Gasteiger partial charge < -0.3 is 15.8 Å².